The summed E-state index contributed by atoms with van der Waals surface area (Å²) in [4.78, 5) is 18.1. The van der Waals surface area contributed by atoms with Crippen LogP contribution >= 0.6 is 11.6 Å². The van der Waals surface area contributed by atoms with Gasteiger partial charge in [-0.2, -0.15) is 0 Å². The van der Waals surface area contributed by atoms with Crippen LogP contribution in [0.4, 0.5) is 0 Å². The molecule has 1 fully saturated rings. The molecule has 2 rings (SSSR count). The molecule has 4 nitrogen and oxygen atoms in total. The summed E-state index contributed by atoms with van der Waals surface area (Å²) >= 11 is 5.87. The molecule has 1 aliphatic heterocycles. The molecule has 0 bridgehead atoms. The van der Waals surface area contributed by atoms with Crippen molar-refractivity contribution in [2.45, 2.75) is 31.8 Å². The van der Waals surface area contributed by atoms with E-state index in [1.165, 1.54) is 7.11 Å². The van der Waals surface area contributed by atoms with Crippen molar-refractivity contribution in [2.24, 2.45) is 0 Å². The normalized spacial score (nSPS) is 20.7. The Kier molecular flexibility index (Phi) is 4.55. The summed E-state index contributed by atoms with van der Waals surface area (Å²) in [5.41, 5.74) is 0.887. The molecule has 1 saturated heterocycles. The number of ether oxygens (including phenoxy) is 1. The first-order valence-electron chi connectivity index (χ1n) is 6.14. The molecule has 5 heteroatoms. The van der Waals surface area contributed by atoms with Crippen LogP contribution in [0.5, 0.6) is 0 Å². The summed E-state index contributed by atoms with van der Waals surface area (Å²) in [5, 5.41) is 0.485. The first-order chi connectivity index (χ1) is 8.70. The van der Waals surface area contributed by atoms with E-state index >= 15 is 0 Å². The molecule has 1 unspecified atom stereocenters. The smallest absolute Gasteiger partial charge is 0.323 e. The monoisotopic (exact) mass is 268 g/mol. The van der Waals surface area contributed by atoms with Crippen LogP contribution in [0.15, 0.2) is 18.2 Å². The van der Waals surface area contributed by atoms with E-state index in [9.17, 15) is 4.79 Å². The lowest BCUT2D eigenvalue weighted by Gasteiger charge is -2.33. The van der Waals surface area contributed by atoms with E-state index in [2.05, 4.69) is 9.88 Å². The lowest BCUT2D eigenvalue weighted by molar-refractivity contribution is -0.148. The second kappa shape index (κ2) is 6.16. The van der Waals surface area contributed by atoms with Gasteiger partial charge in [-0.15, -0.1) is 0 Å². The van der Waals surface area contributed by atoms with Gasteiger partial charge in [0.2, 0.25) is 0 Å². The Morgan fingerprint density at radius 2 is 2.39 bits per heavy atom. The molecule has 0 N–H and O–H groups in total. The number of methoxy groups -OCH3 is 1. The van der Waals surface area contributed by atoms with Crippen molar-refractivity contribution in [3.8, 4) is 0 Å². The number of halogens is 1. The Morgan fingerprint density at radius 1 is 1.56 bits per heavy atom. The molecule has 2 heterocycles. The van der Waals surface area contributed by atoms with Gasteiger partial charge in [0.05, 0.1) is 12.8 Å². The zero-order valence-corrected chi connectivity index (χ0v) is 11.2. The summed E-state index contributed by atoms with van der Waals surface area (Å²) in [5.74, 6) is -0.156. The highest BCUT2D eigenvalue weighted by Crippen LogP contribution is 2.20. The number of esters is 1. The van der Waals surface area contributed by atoms with E-state index in [1.54, 1.807) is 6.07 Å². The number of hydrogen-bond acceptors (Lipinski definition) is 4. The predicted molar refractivity (Wildman–Crippen MR) is 69.3 cm³/mol. The molecular weight excluding hydrogens is 252 g/mol. The van der Waals surface area contributed by atoms with Crippen LogP contribution in [0.25, 0.3) is 0 Å². The van der Waals surface area contributed by atoms with Crippen LogP contribution in [-0.2, 0) is 16.1 Å². The lowest BCUT2D eigenvalue weighted by atomic mass is 10.0. The minimum absolute atomic E-state index is 0.149. The van der Waals surface area contributed by atoms with Gasteiger partial charge >= 0.3 is 5.97 Å². The molecule has 1 aromatic rings. The Bertz CT molecular complexity index is 425. The standard InChI is InChI=1S/C13H17ClN2O2/c1-18-13(17)11-6-2-3-8-16(11)9-10-5-4-7-12(14)15-10/h4-5,7,11H,2-3,6,8-9H2,1H3. The highest BCUT2D eigenvalue weighted by Gasteiger charge is 2.29. The quantitative estimate of drug-likeness (QED) is 0.623. The number of carbonyl (C=O) groups is 1. The number of nitrogens with zero attached hydrogens (tertiary/aromatic N) is 2. The van der Waals surface area contributed by atoms with E-state index in [4.69, 9.17) is 16.3 Å². The van der Waals surface area contributed by atoms with Crippen LogP contribution < -0.4 is 0 Å². The van der Waals surface area contributed by atoms with Crippen LogP contribution in [0, 0.1) is 0 Å². The number of carbonyl (C=O) groups excluding carboxylic acids is 1. The fourth-order valence-electron chi connectivity index (χ4n) is 2.33. The van der Waals surface area contributed by atoms with Crippen molar-refractivity contribution >= 4 is 17.6 Å². The summed E-state index contributed by atoms with van der Waals surface area (Å²) in [6.07, 6.45) is 3.03. The molecule has 0 spiro atoms. The third kappa shape index (κ3) is 3.21. The van der Waals surface area contributed by atoms with Crippen molar-refractivity contribution in [3.63, 3.8) is 0 Å². The Morgan fingerprint density at radius 3 is 3.11 bits per heavy atom. The summed E-state index contributed by atoms with van der Waals surface area (Å²) in [6, 6.07) is 5.40. The maximum absolute atomic E-state index is 11.7. The number of likely N-dealkylation sites (tertiary alicyclic amines) is 1. The third-order valence-electron chi connectivity index (χ3n) is 3.22. The topological polar surface area (TPSA) is 42.4 Å². The number of hydrogen-bond donors (Lipinski definition) is 0. The second-order valence-corrected chi connectivity index (χ2v) is 4.84. The molecule has 1 atom stereocenters. The van der Waals surface area contributed by atoms with E-state index in [1.807, 2.05) is 12.1 Å². The molecule has 18 heavy (non-hydrogen) atoms. The van der Waals surface area contributed by atoms with Crippen molar-refractivity contribution in [1.29, 1.82) is 0 Å². The highest BCUT2D eigenvalue weighted by atomic mass is 35.5. The molecule has 0 radical (unpaired) electrons. The maximum Gasteiger partial charge on any atom is 0.323 e. The number of aromatic nitrogens is 1. The van der Waals surface area contributed by atoms with E-state index < -0.39 is 0 Å². The molecule has 98 valence electrons. The summed E-state index contributed by atoms with van der Waals surface area (Å²) in [7, 11) is 1.44. The molecule has 0 saturated carbocycles. The minimum atomic E-state index is -0.156. The molecule has 0 amide bonds. The zero-order chi connectivity index (χ0) is 13.0. The largest absolute Gasteiger partial charge is 0.468 e. The van der Waals surface area contributed by atoms with E-state index in [-0.39, 0.29) is 12.0 Å². The number of piperidine rings is 1. The van der Waals surface area contributed by atoms with Crippen molar-refractivity contribution < 1.29 is 9.53 Å². The molecule has 0 aliphatic carbocycles. The SMILES string of the molecule is COC(=O)C1CCCCN1Cc1cccc(Cl)n1. The average Bonchev–Trinajstić information content (AvgIpc) is 2.38. The fraction of sp³-hybridized carbons (Fsp3) is 0.538. The number of pyridine rings is 1. The van der Waals surface area contributed by atoms with Gasteiger partial charge in [0.15, 0.2) is 0 Å². The van der Waals surface area contributed by atoms with Gasteiger partial charge in [0.25, 0.3) is 0 Å². The third-order valence-corrected chi connectivity index (χ3v) is 3.44. The van der Waals surface area contributed by atoms with Gasteiger partial charge in [-0.05, 0) is 31.5 Å². The second-order valence-electron chi connectivity index (χ2n) is 4.46. The van der Waals surface area contributed by atoms with Crippen molar-refractivity contribution in [2.75, 3.05) is 13.7 Å². The molecule has 1 aromatic heterocycles. The van der Waals surface area contributed by atoms with E-state index in [0.717, 1.165) is 31.5 Å². The van der Waals surface area contributed by atoms with Gasteiger partial charge in [0, 0.05) is 6.54 Å². The highest BCUT2D eigenvalue weighted by molar-refractivity contribution is 6.29. The van der Waals surface area contributed by atoms with Crippen LogP contribution in [0.1, 0.15) is 25.0 Å². The molecular formula is C13H17ClN2O2. The molecule has 0 aromatic carbocycles. The maximum atomic E-state index is 11.7. The predicted octanol–water partition coefficient (Wildman–Crippen LogP) is 2.26. The first-order valence-corrected chi connectivity index (χ1v) is 6.52. The Hall–Kier alpha value is -1.13. The van der Waals surface area contributed by atoms with Gasteiger partial charge in [-0.25, -0.2) is 4.98 Å². The van der Waals surface area contributed by atoms with Crippen LogP contribution in [-0.4, -0.2) is 35.5 Å². The summed E-state index contributed by atoms with van der Waals surface area (Å²) in [6.45, 7) is 1.54. The number of rotatable bonds is 3. The first kappa shape index (κ1) is 13.3. The van der Waals surface area contributed by atoms with E-state index in [0.29, 0.717) is 11.7 Å². The lowest BCUT2D eigenvalue weighted by Crippen LogP contribution is -2.44. The van der Waals surface area contributed by atoms with Crippen molar-refractivity contribution in [1.82, 2.24) is 9.88 Å². The van der Waals surface area contributed by atoms with Gasteiger partial charge in [0.1, 0.15) is 11.2 Å². The van der Waals surface area contributed by atoms with Crippen molar-refractivity contribution in [3.05, 3.63) is 29.0 Å². The molecule has 1 aliphatic rings. The Balaban J connectivity index is 2.07. The van der Waals surface area contributed by atoms with Crippen LogP contribution in [0.3, 0.4) is 0 Å². The Labute approximate surface area is 112 Å². The van der Waals surface area contributed by atoms with Gasteiger partial charge in [-0.1, -0.05) is 24.1 Å². The fourth-order valence-corrected chi connectivity index (χ4v) is 2.51. The average molecular weight is 269 g/mol. The minimum Gasteiger partial charge on any atom is -0.468 e. The van der Waals surface area contributed by atoms with Gasteiger partial charge in [-0.3, -0.25) is 9.69 Å². The van der Waals surface area contributed by atoms with Crippen LogP contribution in [0.2, 0.25) is 5.15 Å². The summed E-state index contributed by atoms with van der Waals surface area (Å²) < 4.78 is 4.85. The van der Waals surface area contributed by atoms with Gasteiger partial charge < -0.3 is 4.74 Å². The zero-order valence-electron chi connectivity index (χ0n) is 10.4.